The van der Waals surface area contributed by atoms with E-state index in [-0.39, 0.29) is 42.2 Å². The minimum atomic E-state index is -3.66. The van der Waals surface area contributed by atoms with E-state index in [1.807, 2.05) is 24.3 Å². The van der Waals surface area contributed by atoms with Crippen molar-refractivity contribution in [3.63, 3.8) is 0 Å². The van der Waals surface area contributed by atoms with Gasteiger partial charge in [-0.1, -0.05) is 44.2 Å². The summed E-state index contributed by atoms with van der Waals surface area (Å²) in [5, 5.41) is 4.68. The number of rotatable bonds is 9. The Morgan fingerprint density at radius 3 is 2.41 bits per heavy atom. The van der Waals surface area contributed by atoms with Crippen LogP contribution in [0.15, 0.2) is 47.4 Å². The second-order valence-corrected chi connectivity index (χ2v) is 8.55. The highest BCUT2D eigenvalue weighted by Gasteiger charge is 2.16. The summed E-state index contributed by atoms with van der Waals surface area (Å²) in [4.78, 5) is 12.2. The Bertz CT molecular complexity index is 856. The number of hydrogen-bond acceptors (Lipinski definition) is 4. The van der Waals surface area contributed by atoms with Gasteiger partial charge in [0.2, 0.25) is 15.9 Å². The van der Waals surface area contributed by atoms with Crippen molar-refractivity contribution in [1.29, 1.82) is 0 Å². The van der Waals surface area contributed by atoms with Crippen molar-refractivity contribution < 1.29 is 13.2 Å². The van der Waals surface area contributed by atoms with Crippen molar-refractivity contribution in [2.45, 2.75) is 37.6 Å². The maximum atomic E-state index is 12.4. The van der Waals surface area contributed by atoms with Crippen LogP contribution in [-0.4, -0.2) is 33.5 Å². The van der Waals surface area contributed by atoms with Crippen LogP contribution < -0.4 is 15.8 Å². The molecule has 27 heavy (non-hydrogen) atoms. The summed E-state index contributed by atoms with van der Waals surface area (Å²) in [7, 11) is -3.66. The summed E-state index contributed by atoms with van der Waals surface area (Å²) in [5.74, 6) is 0.220. The molecule has 1 amide bonds. The van der Waals surface area contributed by atoms with Crippen molar-refractivity contribution in [2.75, 3.05) is 13.1 Å². The van der Waals surface area contributed by atoms with Crippen LogP contribution in [0.5, 0.6) is 0 Å². The van der Waals surface area contributed by atoms with Gasteiger partial charge in [-0.3, -0.25) is 4.79 Å². The number of fused-ring (bicyclic) bond motifs is 1. The third kappa shape index (κ3) is 7.10. The Kier molecular flexibility index (Phi) is 9.18. The summed E-state index contributed by atoms with van der Waals surface area (Å²) < 4.78 is 27.3. The largest absolute Gasteiger partial charge is 0.352 e. The molecule has 0 aromatic heterocycles. The fourth-order valence-corrected chi connectivity index (χ4v) is 3.87. The van der Waals surface area contributed by atoms with Gasteiger partial charge in [0.1, 0.15) is 0 Å². The maximum Gasteiger partial charge on any atom is 0.240 e. The number of sulfonamides is 1. The van der Waals surface area contributed by atoms with E-state index in [9.17, 15) is 13.2 Å². The van der Waals surface area contributed by atoms with Gasteiger partial charge in [0.15, 0.2) is 0 Å². The van der Waals surface area contributed by atoms with Crippen molar-refractivity contribution >= 4 is 39.1 Å². The number of carbonyl (C=O) groups excluding carboxylic acids is 1. The molecule has 1 unspecified atom stereocenters. The summed E-state index contributed by atoms with van der Waals surface area (Å²) >= 11 is 0. The Hall–Kier alpha value is -1.67. The number of hydrogen-bond donors (Lipinski definition) is 3. The molecule has 0 aliphatic carbocycles. The highest BCUT2D eigenvalue weighted by Crippen LogP contribution is 2.18. The van der Waals surface area contributed by atoms with Gasteiger partial charge in [-0.15, -0.1) is 12.4 Å². The molecule has 8 heteroatoms. The molecule has 0 heterocycles. The second kappa shape index (κ2) is 10.6. The molecule has 0 aliphatic rings. The number of amides is 1. The number of nitrogens with two attached hydrogens (primary N) is 1. The van der Waals surface area contributed by atoms with Crippen LogP contribution in [0.4, 0.5) is 0 Å². The van der Waals surface area contributed by atoms with Crippen molar-refractivity contribution in [1.82, 2.24) is 10.0 Å². The summed E-state index contributed by atoms with van der Waals surface area (Å²) in [6.07, 6.45) is 0.868. The molecule has 0 spiro atoms. The molecule has 6 nitrogen and oxygen atoms in total. The van der Waals surface area contributed by atoms with E-state index in [1.54, 1.807) is 18.2 Å². The van der Waals surface area contributed by atoms with Gasteiger partial charge in [-0.05, 0) is 35.2 Å². The first-order valence-electron chi connectivity index (χ1n) is 8.79. The summed E-state index contributed by atoms with van der Waals surface area (Å²) in [5.41, 5.74) is 5.66. The molecule has 4 N–H and O–H groups in total. The Balaban J connectivity index is 0.00000364. The fourth-order valence-electron chi connectivity index (χ4n) is 2.80. The van der Waals surface area contributed by atoms with Crippen LogP contribution in [0.1, 0.15) is 26.7 Å². The molecule has 2 rings (SSSR count). The third-order valence-corrected chi connectivity index (χ3v) is 5.54. The predicted octanol–water partition coefficient (Wildman–Crippen LogP) is 2.42. The Labute approximate surface area is 167 Å². The van der Waals surface area contributed by atoms with Gasteiger partial charge in [-0.2, -0.15) is 0 Å². The number of carbonyl (C=O) groups is 1. The van der Waals surface area contributed by atoms with Crippen LogP contribution >= 0.6 is 12.4 Å². The monoisotopic (exact) mass is 413 g/mol. The van der Waals surface area contributed by atoms with E-state index in [2.05, 4.69) is 23.9 Å². The molecule has 0 aliphatic heterocycles. The fraction of sp³-hybridized carbons (Fsp3) is 0.421. The summed E-state index contributed by atoms with van der Waals surface area (Å²) in [6, 6.07) is 12.4. The van der Waals surface area contributed by atoms with E-state index in [4.69, 9.17) is 5.73 Å². The minimum Gasteiger partial charge on any atom is -0.352 e. The van der Waals surface area contributed by atoms with Crippen LogP contribution in [0.3, 0.4) is 0 Å². The lowest BCUT2D eigenvalue weighted by Crippen LogP contribution is -2.42. The van der Waals surface area contributed by atoms with Gasteiger partial charge in [0, 0.05) is 25.6 Å². The van der Waals surface area contributed by atoms with Crippen molar-refractivity contribution in [3.05, 3.63) is 42.5 Å². The molecule has 0 saturated carbocycles. The van der Waals surface area contributed by atoms with Crippen LogP contribution in [0, 0.1) is 5.92 Å². The molecular formula is C19H28ClN3O3S. The highest BCUT2D eigenvalue weighted by atomic mass is 35.5. The molecule has 0 fully saturated rings. The summed E-state index contributed by atoms with van der Waals surface area (Å²) in [6.45, 7) is 4.53. The van der Waals surface area contributed by atoms with E-state index in [1.165, 1.54) is 0 Å². The van der Waals surface area contributed by atoms with Gasteiger partial charge in [0.25, 0.3) is 0 Å². The molecule has 0 bridgehead atoms. The van der Waals surface area contributed by atoms with Gasteiger partial charge in [0.05, 0.1) is 4.90 Å². The molecule has 0 saturated heterocycles. The quantitative estimate of drug-likeness (QED) is 0.587. The first kappa shape index (κ1) is 23.4. The van der Waals surface area contributed by atoms with Gasteiger partial charge in [-0.25, -0.2) is 13.1 Å². The molecule has 2 aromatic rings. The average Bonchev–Trinajstić information content (AvgIpc) is 2.60. The van der Waals surface area contributed by atoms with Gasteiger partial charge < -0.3 is 11.1 Å². The van der Waals surface area contributed by atoms with Crippen molar-refractivity contribution in [2.24, 2.45) is 11.7 Å². The van der Waals surface area contributed by atoms with E-state index in [0.29, 0.717) is 12.5 Å². The lowest BCUT2D eigenvalue weighted by atomic mass is 10.0. The predicted molar refractivity (Wildman–Crippen MR) is 111 cm³/mol. The van der Waals surface area contributed by atoms with Gasteiger partial charge >= 0.3 is 0 Å². The molecular weight excluding hydrogens is 386 g/mol. The molecule has 2 aromatic carbocycles. The molecule has 0 radical (unpaired) electrons. The van der Waals surface area contributed by atoms with Crippen molar-refractivity contribution in [3.8, 4) is 0 Å². The SMILES string of the molecule is CC(C)CC(CN)NC(=O)CCNS(=O)(=O)c1ccc2ccccc2c1.Cl. The highest BCUT2D eigenvalue weighted by molar-refractivity contribution is 7.89. The smallest absolute Gasteiger partial charge is 0.240 e. The van der Waals surface area contributed by atoms with Crippen LogP contribution in [-0.2, 0) is 14.8 Å². The maximum absolute atomic E-state index is 12.4. The number of halogens is 1. The van der Waals surface area contributed by atoms with Crippen LogP contribution in [0.2, 0.25) is 0 Å². The minimum absolute atomic E-state index is 0. The van der Waals surface area contributed by atoms with E-state index >= 15 is 0 Å². The lowest BCUT2D eigenvalue weighted by molar-refractivity contribution is -0.121. The third-order valence-electron chi connectivity index (χ3n) is 4.08. The number of nitrogens with one attached hydrogen (secondary N) is 2. The lowest BCUT2D eigenvalue weighted by Gasteiger charge is -2.18. The zero-order chi connectivity index (χ0) is 19.2. The Morgan fingerprint density at radius 1 is 1.11 bits per heavy atom. The zero-order valence-electron chi connectivity index (χ0n) is 15.6. The zero-order valence-corrected chi connectivity index (χ0v) is 17.3. The van der Waals surface area contributed by atoms with E-state index in [0.717, 1.165) is 17.2 Å². The topological polar surface area (TPSA) is 101 Å². The first-order valence-corrected chi connectivity index (χ1v) is 10.3. The first-order chi connectivity index (χ1) is 12.3. The van der Waals surface area contributed by atoms with Crippen LogP contribution in [0.25, 0.3) is 10.8 Å². The normalized spacial score (nSPS) is 12.6. The Morgan fingerprint density at radius 2 is 1.78 bits per heavy atom. The molecule has 150 valence electrons. The number of benzene rings is 2. The molecule has 1 atom stereocenters. The average molecular weight is 414 g/mol. The second-order valence-electron chi connectivity index (χ2n) is 6.79. The standard InChI is InChI=1S/C19H27N3O3S.ClH/c1-14(2)11-17(13-20)22-19(23)9-10-21-26(24,25)18-8-7-15-5-3-4-6-16(15)12-18;/h3-8,12,14,17,21H,9-11,13,20H2,1-2H3,(H,22,23);1H. The van der Waals surface area contributed by atoms with E-state index < -0.39 is 10.0 Å².